The molecule has 0 aliphatic heterocycles. The molecule has 0 radical (unpaired) electrons. The van der Waals surface area contributed by atoms with Crippen LogP contribution in [0.4, 0.5) is 5.69 Å². The van der Waals surface area contributed by atoms with Crippen molar-refractivity contribution in [1.82, 2.24) is 0 Å². The molecule has 0 saturated heterocycles. The average Bonchev–Trinajstić information content (AvgIpc) is 2.72. The number of carboxylic acid groups (broad SMARTS) is 1. The summed E-state index contributed by atoms with van der Waals surface area (Å²) >= 11 is 7.31. The molecule has 0 spiro atoms. The molecule has 0 aliphatic rings. The first kappa shape index (κ1) is 14.6. The molecule has 1 amide bonds. The fourth-order valence-corrected chi connectivity index (χ4v) is 2.90. The lowest BCUT2D eigenvalue weighted by Crippen LogP contribution is -2.13. The van der Waals surface area contributed by atoms with Gasteiger partial charge in [-0.1, -0.05) is 29.8 Å². The smallest absolute Gasteiger partial charge is 0.307 e. The van der Waals surface area contributed by atoms with Gasteiger partial charge in [-0.3, -0.25) is 9.59 Å². The second-order valence-electron chi connectivity index (χ2n) is 4.24. The normalized spacial score (nSPS) is 10.3. The Labute approximate surface area is 125 Å². The number of hydrogen-bond donors (Lipinski definition) is 2. The number of nitrogens with one attached hydrogen (secondary N) is 1. The number of para-hydroxylation sites is 1. The molecule has 4 nitrogen and oxygen atoms in total. The molecular weight excluding hydrogens is 298 g/mol. The van der Waals surface area contributed by atoms with Gasteiger partial charge in [0.25, 0.3) is 5.91 Å². The maximum absolute atomic E-state index is 12.2. The summed E-state index contributed by atoms with van der Waals surface area (Å²) in [5.41, 5.74) is 1.89. The van der Waals surface area contributed by atoms with Crippen molar-refractivity contribution in [3.8, 4) is 0 Å². The van der Waals surface area contributed by atoms with Crippen LogP contribution in [0, 0.1) is 6.92 Å². The molecule has 2 N–H and O–H groups in total. The standard InChI is InChI=1S/C14H12ClNO3S/c1-8-7-20-13(12(8)15)14(19)16-10-5-3-2-4-9(10)6-11(17)18/h2-5,7H,6H2,1H3,(H,16,19)(H,17,18). The highest BCUT2D eigenvalue weighted by Crippen LogP contribution is 2.28. The van der Waals surface area contributed by atoms with Crippen LogP contribution in [0.1, 0.15) is 20.8 Å². The van der Waals surface area contributed by atoms with Gasteiger partial charge in [-0.25, -0.2) is 0 Å². The van der Waals surface area contributed by atoms with E-state index in [1.54, 1.807) is 29.6 Å². The number of aryl methyl sites for hydroxylation is 1. The molecule has 0 atom stereocenters. The molecular formula is C14H12ClNO3S. The molecule has 20 heavy (non-hydrogen) atoms. The van der Waals surface area contributed by atoms with Gasteiger partial charge in [0.15, 0.2) is 0 Å². The van der Waals surface area contributed by atoms with Crippen molar-refractivity contribution in [2.24, 2.45) is 0 Å². The number of amides is 1. The second-order valence-corrected chi connectivity index (χ2v) is 5.50. The van der Waals surface area contributed by atoms with Crippen molar-refractivity contribution in [2.75, 3.05) is 5.32 Å². The third kappa shape index (κ3) is 3.18. The number of carbonyl (C=O) groups is 2. The Morgan fingerprint density at radius 1 is 1.35 bits per heavy atom. The number of carboxylic acids is 1. The zero-order chi connectivity index (χ0) is 14.7. The molecule has 0 bridgehead atoms. The van der Waals surface area contributed by atoms with Crippen molar-refractivity contribution in [3.63, 3.8) is 0 Å². The summed E-state index contributed by atoms with van der Waals surface area (Å²) in [4.78, 5) is 23.4. The first-order valence-electron chi connectivity index (χ1n) is 5.83. The van der Waals surface area contributed by atoms with E-state index in [1.807, 2.05) is 6.92 Å². The lowest BCUT2D eigenvalue weighted by molar-refractivity contribution is -0.136. The van der Waals surface area contributed by atoms with Crippen LogP contribution in [0.3, 0.4) is 0 Å². The topological polar surface area (TPSA) is 66.4 Å². The third-order valence-corrected chi connectivity index (χ3v) is 4.41. The van der Waals surface area contributed by atoms with Gasteiger partial charge in [-0.05, 0) is 29.5 Å². The molecule has 1 aromatic heterocycles. The van der Waals surface area contributed by atoms with Gasteiger partial charge < -0.3 is 10.4 Å². The lowest BCUT2D eigenvalue weighted by atomic mass is 10.1. The molecule has 0 unspecified atom stereocenters. The van der Waals surface area contributed by atoms with E-state index < -0.39 is 5.97 Å². The van der Waals surface area contributed by atoms with Crippen molar-refractivity contribution in [1.29, 1.82) is 0 Å². The van der Waals surface area contributed by atoms with E-state index in [1.165, 1.54) is 11.3 Å². The number of thiophene rings is 1. The fraction of sp³-hybridized carbons (Fsp3) is 0.143. The van der Waals surface area contributed by atoms with E-state index in [-0.39, 0.29) is 12.3 Å². The summed E-state index contributed by atoms with van der Waals surface area (Å²) in [5, 5.41) is 13.8. The SMILES string of the molecule is Cc1csc(C(=O)Nc2ccccc2CC(=O)O)c1Cl. The van der Waals surface area contributed by atoms with E-state index in [2.05, 4.69) is 5.32 Å². The zero-order valence-electron chi connectivity index (χ0n) is 10.6. The molecule has 2 aromatic rings. The fourth-order valence-electron chi connectivity index (χ4n) is 1.72. The monoisotopic (exact) mass is 309 g/mol. The Morgan fingerprint density at radius 2 is 2.05 bits per heavy atom. The summed E-state index contributed by atoms with van der Waals surface area (Å²) < 4.78 is 0. The van der Waals surface area contributed by atoms with Crippen LogP contribution < -0.4 is 5.32 Å². The Bertz CT molecular complexity index is 666. The number of anilines is 1. The van der Waals surface area contributed by atoms with Crippen molar-refractivity contribution in [2.45, 2.75) is 13.3 Å². The van der Waals surface area contributed by atoms with Crippen LogP contribution in [0.5, 0.6) is 0 Å². The van der Waals surface area contributed by atoms with E-state index in [0.717, 1.165) is 5.56 Å². The number of aliphatic carboxylic acids is 1. The highest BCUT2D eigenvalue weighted by atomic mass is 35.5. The number of carbonyl (C=O) groups excluding carboxylic acids is 1. The minimum Gasteiger partial charge on any atom is -0.481 e. The maximum atomic E-state index is 12.2. The zero-order valence-corrected chi connectivity index (χ0v) is 12.2. The Hall–Kier alpha value is -1.85. The van der Waals surface area contributed by atoms with Crippen LogP contribution in [0.2, 0.25) is 5.02 Å². The van der Waals surface area contributed by atoms with Crippen LogP contribution in [0.25, 0.3) is 0 Å². The summed E-state index contributed by atoms with van der Waals surface area (Å²) in [6.45, 7) is 1.83. The summed E-state index contributed by atoms with van der Waals surface area (Å²) in [7, 11) is 0. The highest BCUT2D eigenvalue weighted by molar-refractivity contribution is 7.13. The first-order chi connectivity index (χ1) is 9.49. The lowest BCUT2D eigenvalue weighted by Gasteiger charge is -2.09. The van der Waals surface area contributed by atoms with Gasteiger partial charge in [-0.2, -0.15) is 0 Å². The predicted molar refractivity (Wildman–Crippen MR) is 79.8 cm³/mol. The largest absolute Gasteiger partial charge is 0.481 e. The Balaban J connectivity index is 2.24. The van der Waals surface area contributed by atoms with Crippen LogP contribution >= 0.6 is 22.9 Å². The van der Waals surface area contributed by atoms with Gasteiger partial charge in [0.2, 0.25) is 0 Å². The van der Waals surface area contributed by atoms with Crippen LogP contribution in [0.15, 0.2) is 29.6 Å². The first-order valence-corrected chi connectivity index (χ1v) is 7.09. The van der Waals surface area contributed by atoms with Crippen LogP contribution in [-0.4, -0.2) is 17.0 Å². The van der Waals surface area contributed by atoms with Gasteiger partial charge >= 0.3 is 5.97 Å². The minimum atomic E-state index is -0.948. The van der Waals surface area contributed by atoms with Gasteiger partial charge in [0, 0.05) is 5.69 Å². The molecule has 1 aromatic carbocycles. The summed E-state index contributed by atoms with van der Waals surface area (Å²) in [5.74, 6) is -1.28. The molecule has 2 rings (SSSR count). The van der Waals surface area contributed by atoms with E-state index in [0.29, 0.717) is 21.2 Å². The van der Waals surface area contributed by atoms with Gasteiger partial charge in [-0.15, -0.1) is 11.3 Å². The maximum Gasteiger partial charge on any atom is 0.307 e. The molecule has 0 aliphatic carbocycles. The Kier molecular flexibility index (Phi) is 4.42. The second kappa shape index (κ2) is 6.07. The number of rotatable bonds is 4. The Morgan fingerprint density at radius 3 is 2.65 bits per heavy atom. The molecule has 0 fully saturated rings. The minimum absolute atomic E-state index is 0.145. The summed E-state index contributed by atoms with van der Waals surface area (Å²) in [6.07, 6.45) is -0.145. The van der Waals surface area contributed by atoms with E-state index in [4.69, 9.17) is 16.7 Å². The van der Waals surface area contributed by atoms with Gasteiger partial charge in [0.1, 0.15) is 4.88 Å². The number of benzene rings is 1. The average molecular weight is 310 g/mol. The molecule has 104 valence electrons. The summed E-state index contributed by atoms with van der Waals surface area (Å²) in [6, 6.07) is 6.81. The van der Waals surface area contributed by atoms with Gasteiger partial charge in [0.05, 0.1) is 11.4 Å². The molecule has 0 saturated carbocycles. The quantitative estimate of drug-likeness (QED) is 0.907. The predicted octanol–water partition coefficient (Wildman–Crippen LogP) is 3.59. The van der Waals surface area contributed by atoms with Crippen LogP contribution in [-0.2, 0) is 11.2 Å². The number of halogens is 1. The third-order valence-electron chi connectivity index (χ3n) is 2.71. The van der Waals surface area contributed by atoms with E-state index in [9.17, 15) is 9.59 Å². The van der Waals surface area contributed by atoms with Crippen molar-refractivity contribution in [3.05, 3.63) is 50.7 Å². The number of hydrogen-bond acceptors (Lipinski definition) is 3. The molecule has 1 heterocycles. The van der Waals surface area contributed by atoms with Crippen molar-refractivity contribution < 1.29 is 14.7 Å². The van der Waals surface area contributed by atoms with E-state index >= 15 is 0 Å². The van der Waals surface area contributed by atoms with Crippen molar-refractivity contribution >= 4 is 40.5 Å². The highest BCUT2D eigenvalue weighted by Gasteiger charge is 2.16. The molecule has 6 heteroatoms.